The van der Waals surface area contributed by atoms with Crippen LogP contribution in [-0.2, 0) is 19.0 Å². The van der Waals surface area contributed by atoms with Crippen molar-refractivity contribution in [2.45, 2.75) is 12.5 Å². The fourth-order valence-corrected chi connectivity index (χ4v) is 1.02. The fraction of sp³-hybridized carbons (Fsp3) is 0.667. The van der Waals surface area contributed by atoms with E-state index in [1.54, 1.807) is 0 Å². The van der Waals surface area contributed by atoms with E-state index >= 15 is 0 Å². The highest BCUT2D eigenvalue weighted by atomic mass is 35.5. The Morgan fingerprint density at radius 3 is 2.60 bits per heavy atom. The second-order valence-electron chi connectivity index (χ2n) is 2.67. The molecule has 0 aromatic rings. The lowest BCUT2D eigenvalue weighted by Crippen LogP contribution is -2.27. The summed E-state index contributed by atoms with van der Waals surface area (Å²) in [4.78, 5) is 11.1. The highest BCUT2D eigenvalue weighted by Crippen LogP contribution is 2.04. The molecule has 0 bridgehead atoms. The maximum Gasteiger partial charge on any atom is 0.307 e. The molecular weight excluding hydrogens is 243 g/mol. The van der Waals surface area contributed by atoms with Gasteiger partial charge in [0, 0.05) is 13.0 Å². The standard InChI is InChI=1S/C9H14Cl2O4/c1-7(11)14-6-8(5-13-2)15-9(12)3-4-10/h8H,1,3-6H2,2H3. The van der Waals surface area contributed by atoms with Crippen LogP contribution in [-0.4, -0.2) is 38.3 Å². The number of methoxy groups -OCH3 is 1. The Kier molecular flexibility index (Phi) is 8.56. The first kappa shape index (κ1) is 14.6. The molecule has 0 heterocycles. The number of carbonyl (C=O) groups is 1. The van der Waals surface area contributed by atoms with Crippen LogP contribution < -0.4 is 0 Å². The van der Waals surface area contributed by atoms with Crippen LogP contribution in [0.15, 0.2) is 11.8 Å². The van der Waals surface area contributed by atoms with E-state index in [0.717, 1.165) is 0 Å². The molecule has 0 saturated heterocycles. The molecule has 0 aliphatic heterocycles. The van der Waals surface area contributed by atoms with Gasteiger partial charge in [0.1, 0.15) is 6.61 Å². The Morgan fingerprint density at radius 1 is 1.47 bits per heavy atom. The second kappa shape index (κ2) is 8.83. The van der Waals surface area contributed by atoms with E-state index in [4.69, 9.17) is 37.4 Å². The van der Waals surface area contributed by atoms with E-state index in [2.05, 4.69) is 6.58 Å². The third-order valence-corrected chi connectivity index (χ3v) is 1.67. The maximum atomic E-state index is 11.1. The summed E-state index contributed by atoms with van der Waals surface area (Å²) >= 11 is 10.8. The molecule has 0 aliphatic carbocycles. The largest absolute Gasteiger partial charge is 0.479 e. The molecular formula is C9H14Cl2O4. The van der Waals surface area contributed by atoms with Crippen LogP contribution in [0.25, 0.3) is 0 Å². The molecule has 0 rings (SSSR count). The number of ether oxygens (including phenoxy) is 3. The van der Waals surface area contributed by atoms with Crippen LogP contribution in [0.1, 0.15) is 6.42 Å². The number of carbonyl (C=O) groups excluding carboxylic acids is 1. The van der Waals surface area contributed by atoms with Crippen molar-refractivity contribution in [1.29, 1.82) is 0 Å². The van der Waals surface area contributed by atoms with Crippen molar-refractivity contribution in [3.8, 4) is 0 Å². The van der Waals surface area contributed by atoms with Crippen LogP contribution >= 0.6 is 23.2 Å². The third-order valence-electron chi connectivity index (χ3n) is 1.38. The van der Waals surface area contributed by atoms with Gasteiger partial charge in [-0.2, -0.15) is 0 Å². The van der Waals surface area contributed by atoms with Crippen LogP contribution in [0.5, 0.6) is 0 Å². The van der Waals surface area contributed by atoms with Gasteiger partial charge >= 0.3 is 5.97 Å². The van der Waals surface area contributed by atoms with E-state index in [1.165, 1.54) is 7.11 Å². The van der Waals surface area contributed by atoms with Crippen LogP contribution in [0.3, 0.4) is 0 Å². The summed E-state index contributed by atoms with van der Waals surface area (Å²) in [5.41, 5.74) is 0. The van der Waals surface area contributed by atoms with Crippen molar-refractivity contribution in [1.82, 2.24) is 0 Å². The van der Waals surface area contributed by atoms with E-state index in [1.807, 2.05) is 0 Å². The number of halogens is 2. The molecule has 0 amide bonds. The summed E-state index contributed by atoms with van der Waals surface area (Å²) in [6, 6.07) is 0. The van der Waals surface area contributed by atoms with Crippen LogP contribution in [0, 0.1) is 0 Å². The Bertz CT molecular complexity index is 208. The SMILES string of the molecule is C=C(Cl)OCC(COC)OC(=O)CCCl. The fourth-order valence-electron chi connectivity index (χ4n) is 0.807. The van der Waals surface area contributed by atoms with E-state index in [-0.39, 0.29) is 30.7 Å². The minimum Gasteiger partial charge on any atom is -0.479 e. The number of hydrogen-bond donors (Lipinski definition) is 0. The topological polar surface area (TPSA) is 44.8 Å². The van der Waals surface area contributed by atoms with E-state index < -0.39 is 12.1 Å². The first-order valence-electron chi connectivity index (χ1n) is 4.31. The molecule has 88 valence electrons. The van der Waals surface area contributed by atoms with Gasteiger partial charge in [-0.3, -0.25) is 4.79 Å². The lowest BCUT2D eigenvalue weighted by Gasteiger charge is -2.16. The summed E-state index contributed by atoms with van der Waals surface area (Å²) in [5.74, 6) is -0.169. The van der Waals surface area contributed by atoms with Gasteiger partial charge in [0.05, 0.1) is 13.0 Å². The lowest BCUT2D eigenvalue weighted by atomic mass is 10.4. The summed E-state index contributed by atoms with van der Waals surface area (Å²) in [5, 5.41) is 0.0458. The lowest BCUT2D eigenvalue weighted by molar-refractivity contribution is -0.153. The Hall–Kier alpha value is -0.450. The minimum atomic E-state index is -0.499. The van der Waals surface area contributed by atoms with Gasteiger partial charge in [-0.15, -0.1) is 11.6 Å². The average molecular weight is 257 g/mol. The normalized spacial score (nSPS) is 11.9. The van der Waals surface area contributed by atoms with E-state index in [0.29, 0.717) is 0 Å². The van der Waals surface area contributed by atoms with Gasteiger partial charge in [-0.25, -0.2) is 0 Å². The summed E-state index contributed by atoms with van der Waals surface area (Å²) in [6.07, 6.45) is -0.343. The van der Waals surface area contributed by atoms with Gasteiger partial charge in [0.2, 0.25) is 0 Å². The van der Waals surface area contributed by atoms with Gasteiger partial charge < -0.3 is 14.2 Å². The summed E-state index contributed by atoms with van der Waals surface area (Å²) in [7, 11) is 1.50. The second-order valence-corrected chi connectivity index (χ2v) is 3.47. The predicted molar refractivity (Wildman–Crippen MR) is 58.0 cm³/mol. The monoisotopic (exact) mass is 256 g/mol. The molecule has 0 aromatic heterocycles. The Balaban J connectivity index is 3.91. The molecule has 15 heavy (non-hydrogen) atoms. The molecule has 4 nitrogen and oxygen atoms in total. The molecule has 0 aromatic carbocycles. The molecule has 6 heteroatoms. The number of rotatable bonds is 8. The Morgan fingerprint density at radius 2 is 2.13 bits per heavy atom. The molecule has 1 unspecified atom stereocenters. The maximum absolute atomic E-state index is 11.1. The number of alkyl halides is 1. The quantitative estimate of drug-likeness (QED) is 0.378. The van der Waals surface area contributed by atoms with Gasteiger partial charge in [0.25, 0.3) is 0 Å². The van der Waals surface area contributed by atoms with Crippen molar-refractivity contribution in [2.75, 3.05) is 26.2 Å². The predicted octanol–water partition coefficient (Wildman–Crippen LogP) is 1.90. The van der Waals surface area contributed by atoms with Gasteiger partial charge in [-0.1, -0.05) is 0 Å². The first-order chi connectivity index (χ1) is 7.10. The highest BCUT2D eigenvalue weighted by Gasteiger charge is 2.14. The molecule has 0 N–H and O–H groups in total. The highest BCUT2D eigenvalue weighted by molar-refractivity contribution is 6.27. The minimum absolute atomic E-state index is 0.0458. The molecule has 0 spiro atoms. The zero-order chi connectivity index (χ0) is 11.7. The smallest absolute Gasteiger partial charge is 0.307 e. The van der Waals surface area contributed by atoms with Crippen LogP contribution in [0.2, 0.25) is 0 Å². The van der Waals surface area contributed by atoms with Crippen molar-refractivity contribution >= 4 is 29.2 Å². The first-order valence-corrected chi connectivity index (χ1v) is 5.23. The molecule has 1 atom stereocenters. The van der Waals surface area contributed by atoms with Crippen molar-refractivity contribution in [3.63, 3.8) is 0 Å². The van der Waals surface area contributed by atoms with Crippen molar-refractivity contribution < 1.29 is 19.0 Å². The number of hydrogen-bond acceptors (Lipinski definition) is 4. The zero-order valence-corrected chi connectivity index (χ0v) is 10.0. The van der Waals surface area contributed by atoms with E-state index in [9.17, 15) is 4.79 Å². The summed E-state index contributed by atoms with van der Waals surface area (Å²) in [6.45, 7) is 3.69. The molecule has 0 radical (unpaired) electrons. The van der Waals surface area contributed by atoms with Gasteiger partial charge in [0.15, 0.2) is 11.3 Å². The zero-order valence-electron chi connectivity index (χ0n) is 8.50. The van der Waals surface area contributed by atoms with Crippen molar-refractivity contribution in [3.05, 3.63) is 11.8 Å². The molecule has 0 saturated carbocycles. The average Bonchev–Trinajstić information content (AvgIpc) is 2.15. The summed E-state index contributed by atoms with van der Waals surface area (Å²) < 4.78 is 14.8. The number of esters is 1. The third kappa shape index (κ3) is 8.54. The van der Waals surface area contributed by atoms with Crippen LogP contribution in [0.4, 0.5) is 0 Å². The molecule has 0 fully saturated rings. The van der Waals surface area contributed by atoms with Crippen molar-refractivity contribution in [2.24, 2.45) is 0 Å². The van der Waals surface area contributed by atoms with Gasteiger partial charge in [-0.05, 0) is 18.2 Å². The Labute approximate surface area is 99.1 Å². The molecule has 0 aliphatic rings.